The minimum atomic E-state index is 0.673. The van der Waals surface area contributed by atoms with Crippen LogP contribution in [0, 0.1) is 11.3 Å². The average molecular weight is 168 g/mol. The maximum Gasteiger partial charge on any atom is 0.0621 e. The van der Waals surface area contributed by atoms with Crippen LogP contribution in [0.25, 0.3) is 0 Å². The molecule has 0 aromatic rings. The Balaban J connectivity index is 3.15. The fourth-order valence-electron chi connectivity index (χ4n) is 1.08. The summed E-state index contributed by atoms with van der Waals surface area (Å²) in [5, 5.41) is 8.30. The molecule has 0 aliphatic carbocycles. The lowest BCUT2D eigenvalue weighted by molar-refractivity contribution is 0.291. The molecule has 0 heterocycles. The van der Waals surface area contributed by atoms with Gasteiger partial charge in [-0.1, -0.05) is 12.8 Å². The molecule has 0 aliphatic heterocycles. The number of hydrogen-bond acceptors (Lipinski definition) is 2. The van der Waals surface area contributed by atoms with Crippen LogP contribution in [0.4, 0.5) is 0 Å². The lowest BCUT2D eigenvalue weighted by Crippen LogP contribution is -2.24. The maximum atomic E-state index is 8.30. The number of rotatable bonds is 6. The van der Waals surface area contributed by atoms with Crippen LogP contribution >= 0.6 is 0 Å². The number of nitrogens with zero attached hydrogens (tertiary/aromatic N) is 2. The second-order valence-corrected chi connectivity index (χ2v) is 3.57. The topological polar surface area (TPSA) is 27.0 Å². The van der Waals surface area contributed by atoms with Crippen molar-refractivity contribution in [3.05, 3.63) is 0 Å². The van der Waals surface area contributed by atoms with E-state index in [0.29, 0.717) is 6.04 Å². The Kier molecular flexibility index (Phi) is 6.79. The van der Waals surface area contributed by atoms with Gasteiger partial charge in [0, 0.05) is 12.5 Å². The normalized spacial score (nSPS) is 12.9. The van der Waals surface area contributed by atoms with Gasteiger partial charge in [0.15, 0.2) is 0 Å². The highest BCUT2D eigenvalue weighted by atomic mass is 15.1. The number of hydrogen-bond donors (Lipinski definition) is 0. The van der Waals surface area contributed by atoms with Crippen molar-refractivity contribution in [2.75, 3.05) is 14.1 Å². The second-order valence-electron chi connectivity index (χ2n) is 3.57. The molecule has 0 rings (SSSR count). The number of nitriles is 1. The van der Waals surface area contributed by atoms with Crippen LogP contribution in [0.1, 0.15) is 39.0 Å². The van der Waals surface area contributed by atoms with E-state index in [9.17, 15) is 0 Å². The smallest absolute Gasteiger partial charge is 0.0621 e. The Morgan fingerprint density at radius 1 is 1.25 bits per heavy atom. The summed E-state index contributed by atoms with van der Waals surface area (Å²) < 4.78 is 0. The third-order valence-electron chi connectivity index (χ3n) is 2.29. The lowest BCUT2D eigenvalue weighted by atomic mass is 10.1. The molecule has 0 aromatic carbocycles. The Hall–Kier alpha value is -0.550. The molecule has 0 fully saturated rings. The molecule has 0 aromatic heterocycles. The first-order valence-corrected chi connectivity index (χ1v) is 4.72. The first kappa shape index (κ1) is 11.4. The van der Waals surface area contributed by atoms with E-state index in [-0.39, 0.29) is 0 Å². The van der Waals surface area contributed by atoms with Gasteiger partial charge in [0.1, 0.15) is 0 Å². The number of unbranched alkanes of at least 4 members (excludes halogenated alkanes) is 3. The van der Waals surface area contributed by atoms with Crippen LogP contribution in [0.15, 0.2) is 0 Å². The minimum Gasteiger partial charge on any atom is -0.307 e. The molecule has 0 saturated carbocycles. The Morgan fingerprint density at radius 3 is 2.42 bits per heavy atom. The van der Waals surface area contributed by atoms with Crippen molar-refractivity contribution < 1.29 is 0 Å². The highest BCUT2D eigenvalue weighted by Crippen LogP contribution is 2.07. The summed E-state index contributed by atoms with van der Waals surface area (Å²) >= 11 is 0. The molecule has 1 unspecified atom stereocenters. The highest BCUT2D eigenvalue weighted by molar-refractivity contribution is 4.68. The summed E-state index contributed by atoms with van der Waals surface area (Å²) in [6, 6.07) is 2.84. The molecule has 12 heavy (non-hydrogen) atoms. The van der Waals surface area contributed by atoms with Crippen LogP contribution in [-0.4, -0.2) is 25.0 Å². The first-order valence-electron chi connectivity index (χ1n) is 4.72. The summed E-state index contributed by atoms with van der Waals surface area (Å²) in [5.74, 6) is 0. The SMILES string of the molecule is CC(CCCCCC#N)N(C)C. The molecule has 0 N–H and O–H groups in total. The highest BCUT2D eigenvalue weighted by Gasteiger charge is 2.02. The van der Waals surface area contributed by atoms with E-state index >= 15 is 0 Å². The van der Waals surface area contributed by atoms with Crippen molar-refractivity contribution in [1.29, 1.82) is 5.26 Å². The van der Waals surface area contributed by atoms with Gasteiger partial charge in [-0.2, -0.15) is 5.26 Å². The van der Waals surface area contributed by atoms with Crippen LogP contribution in [0.5, 0.6) is 0 Å². The predicted molar refractivity (Wildman–Crippen MR) is 51.8 cm³/mol. The van der Waals surface area contributed by atoms with Crippen molar-refractivity contribution in [1.82, 2.24) is 4.90 Å². The molecule has 0 bridgehead atoms. The van der Waals surface area contributed by atoms with E-state index in [1.165, 1.54) is 19.3 Å². The third-order valence-corrected chi connectivity index (χ3v) is 2.29. The summed E-state index contributed by atoms with van der Waals surface area (Å²) in [4.78, 5) is 2.24. The Bertz CT molecular complexity index is 135. The quantitative estimate of drug-likeness (QED) is 0.569. The van der Waals surface area contributed by atoms with E-state index in [1.807, 2.05) is 0 Å². The maximum absolute atomic E-state index is 8.30. The molecule has 0 radical (unpaired) electrons. The zero-order valence-corrected chi connectivity index (χ0v) is 8.51. The fraction of sp³-hybridized carbons (Fsp3) is 0.900. The molecule has 0 saturated heterocycles. The van der Waals surface area contributed by atoms with Gasteiger partial charge in [0.25, 0.3) is 0 Å². The molecule has 1 atom stereocenters. The third kappa shape index (κ3) is 6.18. The van der Waals surface area contributed by atoms with E-state index in [2.05, 4.69) is 32.0 Å². The molecule has 2 nitrogen and oxygen atoms in total. The van der Waals surface area contributed by atoms with Gasteiger partial charge in [0.05, 0.1) is 6.07 Å². The largest absolute Gasteiger partial charge is 0.307 e. The average Bonchev–Trinajstić information content (AvgIpc) is 2.03. The first-order chi connectivity index (χ1) is 5.68. The summed E-state index contributed by atoms with van der Waals surface area (Å²) in [7, 11) is 4.22. The van der Waals surface area contributed by atoms with Crippen molar-refractivity contribution in [2.24, 2.45) is 0 Å². The van der Waals surface area contributed by atoms with Crippen molar-refractivity contribution >= 4 is 0 Å². The molecule has 2 heteroatoms. The van der Waals surface area contributed by atoms with Gasteiger partial charge in [0.2, 0.25) is 0 Å². The molecule has 0 aliphatic rings. The van der Waals surface area contributed by atoms with Crippen molar-refractivity contribution in [3.63, 3.8) is 0 Å². The molecule has 0 amide bonds. The van der Waals surface area contributed by atoms with Crippen LogP contribution in [-0.2, 0) is 0 Å². The monoisotopic (exact) mass is 168 g/mol. The fourth-order valence-corrected chi connectivity index (χ4v) is 1.08. The summed E-state index contributed by atoms with van der Waals surface area (Å²) in [6.45, 7) is 2.24. The zero-order chi connectivity index (χ0) is 9.40. The van der Waals surface area contributed by atoms with Crippen LogP contribution < -0.4 is 0 Å². The lowest BCUT2D eigenvalue weighted by Gasteiger charge is -2.19. The van der Waals surface area contributed by atoms with Gasteiger partial charge in [-0.15, -0.1) is 0 Å². The Morgan fingerprint density at radius 2 is 1.92 bits per heavy atom. The molecule has 0 spiro atoms. The van der Waals surface area contributed by atoms with Gasteiger partial charge in [-0.05, 0) is 33.9 Å². The van der Waals surface area contributed by atoms with E-state index < -0.39 is 0 Å². The Labute approximate surface area is 76.2 Å². The van der Waals surface area contributed by atoms with Gasteiger partial charge in [-0.3, -0.25) is 0 Å². The van der Waals surface area contributed by atoms with E-state index in [4.69, 9.17) is 5.26 Å². The second kappa shape index (κ2) is 7.12. The molecular formula is C10H20N2. The minimum absolute atomic E-state index is 0.673. The summed E-state index contributed by atoms with van der Waals surface area (Å²) in [6.07, 6.45) is 5.48. The standard InChI is InChI=1S/C10H20N2/c1-10(12(2)3)8-6-4-5-7-9-11/h10H,4-8H2,1-3H3. The zero-order valence-electron chi connectivity index (χ0n) is 8.51. The van der Waals surface area contributed by atoms with Crippen LogP contribution in [0.2, 0.25) is 0 Å². The predicted octanol–water partition coefficient (Wildman–Crippen LogP) is 2.41. The molecule has 70 valence electrons. The van der Waals surface area contributed by atoms with Crippen molar-refractivity contribution in [3.8, 4) is 6.07 Å². The van der Waals surface area contributed by atoms with E-state index in [0.717, 1.165) is 12.8 Å². The molecular weight excluding hydrogens is 148 g/mol. The van der Waals surface area contributed by atoms with Gasteiger partial charge >= 0.3 is 0 Å². The van der Waals surface area contributed by atoms with Crippen molar-refractivity contribution in [2.45, 2.75) is 45.1 Å². The van der Waals surface area contributed by atoms with Gasteiger partial charge < -0.3 is 4.90 Å². The van der Waals surface area contributed by atoms with Gasteiger partial charge in [-0.25, -0.2) is 0 Å². The van der Waals surface area contributed by atoms with Crippen LogP contribution in [0.3, 0.4) is 0 Å². The van der Waals surface area contributed by atoms with E-state index in [1.54, 1.807) is 0 Å². The summed E-state index contributed by atoms with van der Waals surface area (Å²) in [5.41, 5.74) is 0.